The zero-order valence-corrected chi connectivity index (χ0v) is 12.0. The van der Waals surface area contributed by atoms with Gasteiger partial charge >= 0.3 is 0 Å². The van der Waals surface area contributed by atoms with Gasteiger partial charge in [-0.2, -0.15) is 0 Å². The first kappa shape index (κ1) is 13.4. The lowest BCUT2D eigenvalue weighted by Crippen LogP contribution is -2.46. The molecule has 17 heavy (non-hydrogen) atoms. The maximum absolute atomic E-state index is 3.82. The molecule has 0 bridgehead atoms. The van der Waals surface area contributed by atoms with Gasteiger partial charge < -0.3 is 10.2 Å². The van der Waals surface area contributed by atoms with E-state index in [0.717, 1.165) is 12.1 Å². The molecule has 0 radical (unpaired) electrons. The predicted molar refractivity (Wildman–Crippen MR) is 74.3 cm³/mol. The third kappa shape index (κ3) is 3.96. The van der Waals surface area contributed by atoms with E-state index < -0.39 is 0 Å². The summed E-state index contributed by atoms with van der Waals surface area (Å²) in [5.74, 6) is 0. The quantitative estimate of drug-likeness (QED) is 0.813. The van der Waals surface area contributed by atoms with Crippen molar-refractivity contribution in [2.75, 3.05) is 20.1 Å². The normalized spacial score (nSPS) is 31.6. The lowest BCUT2D eigenvalue weighted by molar-refractivity contribution is 0.161. The molecule has 100 valence electrons. The van der Waals surface area contributed by atoms with Gasteiger partial charge in [-0.3, -0.25) is 0 Å². The number of nitrogens with zero attached hydrogens (tertiary/aromatic N) is 1. The zero-order valence-electron chi connectivity index (χ0n) is 12.0. The topological polar surface area (TPSA) is 15.3 Å². The van der Waals surface area contributed by atoms with Crippen molar-refractivity contribution >= 4 is 0 Å². The average molecular weight is 238 g/mol. The maximum atomic E-state index is 3.82. The molecule has 1 aliphatic heterocycles. The van der Waals surface area contributed by atoms with Gasteiger partial charge in [-0.05, 0) is 57.5 Å². The molecule has 0 aromatic rings. The molecule has 2 fully saturated rings. The van der Waals surface area contributed by atoms with E-state index in [1.165, 1.54) is 58.0 Å². The highest BCUT2D eigenvalue weighted by Gasteiger charge is 2.27. The van der Waals surface area contributed by atoms with Gasteiger partial charge in [0.05, 0.1) is 0 Å². The smallest absolute Gasteiger partial charge is 0.0217 e. The average Bonchev–Trinajstić information content (AvgIpc) is 2.30. The molecular weight excluding hydrogens is 208 g/mol. The monoisotopic (exact) mass is 238 g/mol. The fourth-order valence-corrected chi connectivity index (χ4v) is 3.31. The van der Waals surface area contributed by atoms with Crippen LogP contribution < -0.4 is 5.32 Å². The van der Waals surface area contributed by atoms with Crippen molar-refractivity contribution in [2.24, 2.45) is 5.41 Å². The third-order valence-electron chi connectivity index (χ3n) is 4.90. The molecule has 0 amide bonds. The van der Waals surface area contributed by atoms with Crippen LogP contribution in [-0.4, -0.2) is 37.1 Å². The van der Waals surface area contributed by atoms with Gasteiger partial charge in [-0.25, -0.2) is 0 Å². The molecule has 1 N–H and O–H groups in total. The van der Waals surface area contributed by atoms with E-state index >= 15 is 0 Å². The highest BCUT2D eigenvalue weighted by molar-refractivity contribution is 4.84. The summed E-state index contributed by atoms with van der Waals surface area (Å²) in [5, 5.41) is 3.82. The number of hydrogen-bond donors (Lipinski definition) is 1. The summed E-state index contributed by atoms with van der Waals surface area (Å²) >= 11 is 0. The van der Waals surface area contributed by atoms with E-state index in [9.17, 15) is 0 Å². The molecular formula is C15H30N2. The van der Waals surface area contributed by atoms with Crippen LogP contribution in [0.15, 0.2) is 0 Å². The summed E-state index contributed by atoms with van der Waals surface area (Å²) in [7, 11) is 2.29. The van der Waals surface area contributed by atoms with E-state index in [-0.39, 0.29) is 0 Å². The second-order valence-electron chi connectivity index (χ2n) is 6.98. The van der Waals surface area contributed by atoms with Gasteiger partial charge in [-0.1, -0.05) is 20.3 Å². The molecule has 1 heterocycles. The summed E-state index contributed by atoms with van der Waals surface area (Å²) in [6, 6.07) is 1.58. The van der Waals surface area contributed by atoms with Crippen LogP contribution in [0.5, 0.6) is 0 Å². The van der Waals surface area contributed by atoms with Gasteiger partial charge in [0.1, 0.15) is 0 Å². The Labute approximate surface area is 107 Å². The summed E-state index contributed by atoms with van der Waals surface area (Å²) in [6.07, 6.45) is 9.75. The van der Waals surface area contributed by atoms with Crippen LogP contribution in [0, 0.1) is 5.41 Å². The summed E-state index contributed by atoms with van der Waals surface area (Å²) in [4.78, 5) is 2.54. The number of rotatable bonds is 3. The lowest BCUT2D eigenvalue weighted by Gasteiger charge is -2.37. The zero-order chi connectivity index (χ0) is 12.3. The van der Waals surface area contributed by atoms with Crippen LogP contribution in [0.25, 0.3) is 0 Å². The molecule has 1 aliphatic carbocycles. The van der Waals surface area contributed by atoms with Crippen LogP contribution in [0.1, 0.15) is 58.8 Å². The van der Waals surface area contributed by atoms with E-state index in [0.29, 0.717) is 5.41 Å². The first-order chi connectivity index (χ1) is 8.07. The number of nitrogens with one attached hydrogen (secondary N) is 1. The molecule has 2 heteroatoms. The van der Waals surface area contributed by atoms with Gasteiger partial charge in [0.25, 0.3) is 0 Å². The Morgan fingerprint density at radius 3 is 2.47 bits per heavy atom. The highest BCUT2D eigenvalue weighted by atomic mass is 15.2. The van der Waals surface area contributed by atoms with Gasteiger partial charge in [0, 0.05) is 18.6 Å². The highest BCUT2D eigenvalue weighted by Crippen LogP contribution is 2.35. The van der Waals surface area contributed by atoms with Crippen molar-refractivity contribution in [2.45, 2.75) is 70.9 Å². The van der Waals surface area contributed by atoms with Crippen molar-refractivity contribution < 1.29 is 0 Å². The van der Waals surface area contributed by atoms with Gasteiger partial charge in [0.15, 0.2) is 0 Å². The lowest BCUT2D eigenvalue weighted by atomic mass is 9.75. The summed E-state index contributed by atoms with van der Waals surface area (Å²) in [6.45, 7) is 7.34. The Bertz CT molecular complexity index is 227. The SMILES string of the molecule is CN1CCCCC1CNC1CCC(C)(C)CC1. The summed E-state index contributed by atoms with van der Waals surface area (Å²) in [5.41, 5.74) is 0.597. The van der Waals surface area contributed by atoms with Crippen LogP contribution in [0.4, 0.5) is 0 Å². The van der Waals surface area contributed by atoms with Crippen molar-refractivity contribution in [3.8, 4) is 0 Å². The van der Waals surface area contributed by atoms with Crippen LogP contribution in [-0.2, 0) is 0 Å². The molecule has 0 spiro atoms. The van der Waals surface area contributed by atoms with Crippen LogP contribution in [0.2, 0.25) is 0 Å². The number of likely N-dealkylation sites (N-methyl/N-ethyl adjacent to an activating group) is 1. The van der Waals surface area contributed by atoms with Crippen molar-refractivity contribution in [3.63, 3.8) is 0 Å². The van der Waals surface area contributed by atoms with Crippen molar-refractivity contribution in [1.82, 2.24) is 10.2 Å². The fraction of sp³-hybridized carbons (Fsp3) is 1.00. The minimum Gasteiger partial charge on any atom is -0.312 e. The molecule has 2 aliphatic rings. The Morgan fingerprint density at radius 2 is 1.82 bits per heavy atom. The van der Waals surface area contributed by atoms with Gasteiger partial charge in [-0.15, -0.1) is 0 Å². The first-order valence-electron chi connectivity index (χ1n) is 7.50. The second-order valence-corrected chi connectivity index (χ2v) is 6.98. The Balaban J connectivity index is 1.68. The van der Waals surface area contributed by atoms with E-state index in [1.54, 1.807) is 0 Å². The van der Waals surface area contributed by atoms with Crippen molar-refractivity contribution in [3.05, 3.63) is 0 Å². The third-order valence-corrected chi connectivity index (χ3v) is 4.90. The summed E-state index contributed by atoms with van der Waals surface area (Å²) < 4.78 is 0. The van der Waals surface area contributed by atoms with Gasteiger partial charge in [0.2, 0.25) is 0 Å². The number of hydrogen-bond acceptors (Lipinski definition) is 2. The molecule has 1 saturated heterocycles. The minimum atomic E-state index is 0.597. The standard InChI is InChI=1S/C15H30N2/c1-15(2)9-7-13(8-10-15)16-12-14-6-4-5-11-17(14)3/h13-14,16H,4-12H2,1-3H3. The molecule has 1 saturated carbocycles. The van der Waals surface area contributed by atoms with E-state index in [4.69, 9.17) is 0 Å². The Morgan fingerprint density at radius 1 is 1.12 bits per heavy atom. The van der Waals surface area contributed by atoms with E-state index in [2.05, 4.69) is 31.1 Å². The molecule has 2 nitrogen and oxygen atoms in total. The Kier molecular flexibility index (Phi) is 4.48. The minimum absolute atomic E-state index is 0.597. The maximum Gasteiger partial charge on any atom is 0.0217 e. The second kappa shape index (κ2) is 5.71. The molecule has 1 unspecified atom stereocenters. The first-order valence-corrected chi connectivity index (χ1v) is 7.50. The molecule has 0 aromatic heterocycles. The van der Waals surface area contributed by atoms with Crippen LogP contribution >= 0.6 is 0 Å². The predicted octanol–water partition coefficient (Wildman–Crippen LogP) is 3.03. The molecule has 1 atom stereocenters. The number of piperidine rings is 1. The molecule has 2 rings (SSSR count). The van der Waals surface area contributed by atoms with E-state index in [1.807, 2.05) is 0 Å². The Hall–Kier alpha value is -0.0800. The number of likely N-dealkylation sites (tertiary alicyclic amines) is 1. The van der Waals surface area contributed by atoms with Crippen LogP contribution in [0.3, 0.4) is 0 Å². The molecule has 0 aromatic carbocycles. The fourth-order valence-electron chi connectivity index (χ4n) is 3.31. The van der Waals surface area contributed by atoms with Crippen molar-refractivity contribution in [1.29, 1.82) is 0 Å². The largest absolute Gasteiger partial charge is 0.312 e.